The molecule has 0 spiro atoms. The van der Waals surface area contributed by atoms with Gasteiger partial charge in [-0.05, 0) is 12.8 Å². The molecule has 1 atom stereocenters. The largest absolute Gasteiger partial charge is 0.278 e. The average Bonchev–Trinajstić information content (AvgIpc) is 2.42. The van der Waals surface area contributed by atoms with Crippen LogP contribution in [-0.2, 0) is 4.84 Å². The molecule has 1 fully saturated rings. The predicted molar refractivity (Wildman–Crippen MR) is 34.8 cm³/mol. The summed E-state index contributed by atoms with van der Waals surface area (Å²) in [5.41, 5.74) is 2.77. The molecule has 2 nitrogen and oxygen atoms in total. The Morgan fingerprint density at radius 2 is 2.25 bits per heavy atom. The highest BCUT2D eigenvalue weighted by molar-refractivity contribution is 5.85. The van der Waals surface area contributed by atoms with Crippen molar-refractivity contribution in [3.05, 3.63) is 0 Å². The van der Waals surface area contributed by atoms with Crippen LogP contribution in [0.3, 0.4) is 0 Å². The second-order valence-corrected chi connectivity index (χ2v) is 1.87. The van der Waals surface area contributed by atoms with Gasteiger partial charge < -0.3 is 0 Å². The lowest BCUT2D eigenvalue weighted by Gasteiger charge is -1.84. The minimum atomic E-state index is 0. The minimum absolute atomic E-state index is 0. The quantitative estimate of drug-likeness (QED) is 0.598. The molecule has 1 heterocycles. The molecule has 8 heavy (non-hydrogen) atoms. The number of hydroxylamine groups is 1. The molecule has 0 aromatic rings. The molecule has 1 aliphatic heterocycles. The first-order valence-electron chi connectivity index (χ1n) is 2.84. The van der Waals surface area contributed by atoms with E-state index in [1.807, 2.05) is 0 Å². The van der Waals surface area contributed by atoms with Gasteiger partial charge in [0.15, 0.2) is 6.23 Å². The molecule has 1 rings (SSSR count). The highest BCUT2D eigenvalue weighted by Crippen LogP contribution is 2.08. The zero-order chi connectivity index (χ0) is 5.11. The fourth-order valence-corrected chi connectivity index (χ4v) is 0.555. The van der Waals surface area contributed by atoms with Crippen molar-refractivity contribution in [2.24, 2.45) is 0 Å². The summed E-state index contributed by atoms with van der Waals surface area (Å²) in [4.78, 5) is 4.76. The van der Waals surface area contributed by atoms with Gasteiger partial charge in [0, 0.05) is 0 Å². The number of unbranched alkanes of at least 4 members (excludes halogenated alkanes) is 1. The standard InChI is InChI=1S/C5H11NO.ClH/c1-2-3-4-5-6-7-5;/h5-6H,2-4H2,1H3;1H. The van der Waals surface area contributed by atoms with Crippen LogP contribution in [0, 0.1) is 0 Å². The van der Waals surface area contributed by atoms with Gasteiger partial charge in [-0.15, -0.1) is 12.4 Å². The average molecular weight is 138 g/mol. The van der Waals surface area contributed by atoms with Gasteiger partial charge in [-0.3, -0.25) is 4.84 Å². The van der Waals surface area contributed by atoms with Crippen molar-refractivity contribution in [3.8, 4) is 0 Å². The summed E-state index contributed by atoms with van der Waals surface area (Å²) in [6, 6.07) is 0. The van der Waals surface area contributed by atoms with Crippen LogP contribution in [-0.4, -0.2) is 6.23 Å². The van der Waals surface area contributed by atoms with Crippen molar-refractivity contribution in [3.63, 3.8) is 0 Å². The Balaban J connectivity index is 0.000000490. The van der Waals surface area contributed by atoms with E-state index in [0.717, 1.165) is 0 Å². The van der Waals surface area contributed by atoms with Crippen molar-refractivity contribution < 1.29 is 4.84 Å². The highest BCUT2D eigenvalue weighted by atomic mass is 35.5. The van der Waals surface area contributed by atoms with Crippen molar-refractivity contribution in [2.45, 2.75) is 32.4 Å². The first-order valence-corrected chi connectivity index (χ1v) is 2.84. The second kappa shape index (κ2) is 4.13. The lowest BCUT2D eigenvalue weighted by atomic mass is 10.2. The molecule has 0 aromatic carbocycles. The SMILES string of the molecule is CCCCC1NO1.Cl. The fourth-order valence-electron chi connectivity index (χ4n) is 0.555. The van der Waals surface area contributed by atoms with E-state index in [1.165, 1.54) is 19.3 Å². The maximum Gasteiger partial charge on any atom is 0.151 e. The Kier molecular flexibility index (Phi) is 4.23. The maximum atomic E-state index is 4.76. The number of halogens is 1. The molecular formula is C5H12ClNO. The van der Waals surface area contributed by atoms with E-state index in [-0.39, 0.29) is 12.4 Å². The first kappa shape index (κ1) is 8.21. The number of nitrogens with one attached hydrogen (secondary N) is 1. The fraction of sp³-hybridized carbons (Fsp3) is 1.00. The Morgan fingerprint density at radius 1 is 1.62 bits per heavy atom. The number of rotatable bonds is 3. The monoisotopic (exact) mass is 137 g/mol. The number of hydrogen-bond acceptors (Lipinski definition) is 2. The summed E-state index contributed by atoms with van der Waals surface area (Å²) >= 11 is 0. The van der Waals surface area contributed by atoms with Crippen molar-refractivity contribution >= 4 is 12.4 Å². The Bertz CT molecular complexity index is 56.4. The Labute approximate surface area is 56.0 Å². The van der Waals surface area contributed by atoms with Gasteiger partial charge in [-0.1, -0.05) is 13.3 Å². The summed E-state index contributed by atoms with van der Waals surface area (Å²) in [6.45, 7) is 2.18. The summed E-state index contributed by atoms with van der Waals surface area (Å²) in [5, 5.41) is 0. The molecule has 0 aliphatic carbocycles. The zero-order valence-corrected chi connectivity index (χ0v) is 5.83. The maximum absolute atomic E-state index is 4.76. The third-order valence-electron chi connectivity index (χ3n) is 1.10. The number of hydrogen-bond donors (Lipinski definition) is 1. The molecule has 0 bridgehead atoms. The molecule has 1 aliphatic rings. The van der Waals surface area contributed by atoms with Crippen LogP contribution in [0.25, 0.3) is 0 Å². The molecule has 1 unspecified atom stereocenters. The van der Waals surface area contributed by atoms with Gasteiger partial charge in [0.05, 0.1) is 0 Å². The molecule has 1 N–H and O–H groups in total. The van der Waals surface area contributed by atoms with Crippen LogP contribution in [0.15, 0.2) is 0 Å². The topological polar surface area (TPSA) is 34.5 Å². The van der Waals surface area contributed by atoms with Crippen LogP contribution in [0.4, 0.5) is 0 Å². The third-order valence-corrected chi connectivity index (χ3v) is 1.10. The van der Waals surface area contributed by atoms with E-state index in [0.29, 0.717) is 6.23 Å². The first-order chi connectivity index (χ1) is 3.43. The molecule has 50 valence electrons. The third kappa shape index (κ3) is 3.24. The van der Waals surface area contributed by atoms with E-state index >= 15 is 0 Å². The lowest BCUT2D eigenvalue weighted by molar-refractivity contribution is 0.359. The van der Waals surface area contributed by atoms with Crippen molar-refractivity contribution in [1.29, 1.82) is 0 Å². The molecule has 0 saturated carbocycles. The molecule has 1 saturated heterocycles. The molecule has 0 radical (unpaired) electrons. The van der Waals surface area contributed by atoms with E-state index < -0.39 is 0 Å². The van der Waals surface area contributed by atoms with Gasteiger partial charge in [0.2, 0.25) is 0 Å². The van der Waals surface area contributed by atoms with Gasteiger partial charge in [0.1, 0.15) is 0 Å². The summed E-state index contributed by atoms with van der Waals surface area (Å²) in [5.74, 6) is 0. The van der Waals surface area contributed by atoms with E-state index in [4.69, 9.17) is 4.84 Å². The molecule has 3 heteroatoms. The van der Waals surface area contributed by atoms with E-state index in [9.17, 15) is 0 Å². The summed E-state index contributed by atoms with van der Waals surface area (Å²) in [6.07, 6.45) is 4.12. The Hall–Kier alpha value is 0.210. The summed E-state index contributed by atoms with van der Waals surface area (Å²) < 4.78 is 0. The van der Waals surface area contributed by atoms with Crippen LogP contribution in [0.1, 0.15) is 26.2 Å². The predicted octanol–water partition coefficient (Wildman–Crippen LogP) is 1.46. The van der Waals surface area contributed by atoms with Crippen molar-refractivity contribution in [2.75, 3.05) is 0 Å². The molecular weight excluding hydrogens is 126 g/mol. The smallest absolute Gasteiger partial charge is 0.151 e. The molecule has 0 aromatic heterocycles. The van der Waals surface area contributed by atoms with Gasteiger partial charge >= 0.3 is 0 Å². The van der Waals surface area contributed by atoms with E-state index in [1.54, 1.807) is 0 Å². The highest BCUT2D eigenvalue weighted by Gasteiger charge is 2.19. The van der Waals surface area contributed by atoms with E-state index in [2.05, 4.69) is 12.4 Å². The zero-order valence-electron chi connectivity index (χ0n) is 5.02. The van der Waals surface area contributed by atoms with Gasteiger partial charge in [-0.25, -0.2) is 0 Å². The molecule has 0 amide bonds. The van der Waals surface area contributed by atoms with Crippen LogP contribution < -0.4 is 5.48 Å². The normalized spacial score (nSPS) is 24.4. The Morgan fingerprint density at radius 3 is 2.62 bits per heavy atom. The summed E-state index contributed by atoms with van der Waals surface area (Å²) in [7, 11) is 0. The van der Waals surface area contributed by atoms with Crippen molar-refractivity contribution in [1.82, 2.24) is 5.48 Å². The van der Waals surface area contributed by atoms with Crippen LogP contribution in [0.2, 0.25) is 0 Å². The van der Waals surface area contributed by atoms with Gasteiger partial charge in [-0.2, -0.15) is 5.48 Å². The lowest BCUT2D eigenvalue weighted by Crippen LogP contribution is -1.87. The second-order valence-electron chi connectivity index (χ2n) is 1.87. The van der Waals surface area contributed by atoms with Gasteiger partial charge in [0.25, 0.3) is 0 Å². The minimum Gasteiger partial charge on any atom is -0.278 e. The van der Waals surface area contributed by atoms with Crippen LogP contribution in [0.5, 0.6) is 0 Å². The van der Waals surface area contributed by atoms with Crippen LogP contribution >= 0.6 is 12.4 Å².